The maximum absolute atomic E-state index is 15.0. The number of piperazine rings is 1. The van der Waals surface area contributed by atoms with E-state index in [1.807, 2.05) is 57.2 Å². The average Bonchev–Trinajstić information content (AvgIpc) is 3.93. The Morgan fingerprint density at radius 2 is 1.76 bits per heavy atom. The number of nitrogens with zero attached hydrogens (tertiary/aromatic N) is 9. The molecule has 3 fully saturated rings. The number of rotatable bonds is 14. The van der Waals surface area contributed by atoms with Crippen LogP contribution in [0.3, 0.4) is 0 Å². The number of hydrogen-bond donors (Lipinski definition) is 2. The minimum Gasteiger partial charge on any atom is -0.492 e. The molecular formula is C51H55F2N11O6. The summed E-state index contributed by atoms with van der Waals surface area (Å²) < 4.78 is 36.8. The van der Waals surface area contributed by atoms with E-state index >= 15 is 4.39 Å². The first-order chi connectivity index (χ1) is 33.7. The largest absolute Gasteiger partial charge is 0.492 e. The van der Waals surface area contributed by atoms with E-state index in [0.717, 1.165) is 40.6 Å². The first kappa shape index (κ1) is 47.6. The number of aromatic nitrogens is 3. The smallest absolute Gasteiger partial charge is 0.255 e. The molecule has 19 heteroatoms. The number of benzene rings is 2. The lowest BCUT2D eigenvalue weighted by Gasteiger charge is -2.46. The number of carbonyl (C=O) groups is 5. The second-order valence-corrected chi connectivity index (χ2v) is 18.7. The molecule has 364 valence electrons. The number of amides is 5. The Balaban J connectivity index is 0.851. The third-order valence-corrected chi connectivity index (χ3v) is 14.0. The van der Waals surface area contributed by atoms with E-state index < -0.39 is 40.6 Å². The Hall–Kier alpha value is -7.46. The zero-order valence-corrected chi connectivity index (χ0v) is 39.4. The average molecular weight is 956 g/mol. The summed E-state index contributed by atoms with van der Waals surface area (Å²) in [6.07, 6.45) is 6.45. The van der Waals surface area contributed by atoms with Gasteiger partial charge in [-0.25, -0.2) is 18.3 Å². The monoisotopic (exact) mass is 955 g/mol. The summed E-state index contributed by atoms with van der Waals surface area (Å²) in [6.45, 7) is 10.7. The summed E-state index contributed by atoms with van der Waals surface area (Å²) in [5.41, 5.74) is 3.44. The van der Waals surface area contributed by atoms with Gasteiger partial charge in [-0.15, -0.1) is 0 Å². The van der Waals surface area contributed by atoms with Crippen molar-refractivity contribution in [2.75, 3.05) is 68.8 Å². The van der Waals surface area contributed by atoms with E-state index in [4.69, 9.17) is 9.72 Å². The zero-order chi connectivity index (χ0) is 49.3. The van der Waals surface area contributed by atoms with Crippen molar-refractivity contribution < 1.29 is 37.5 Å². The molecule has 5 amide bonds. The van der Waals surface area contributed by atoms with Gasteiger partial charge in [-0.2, -0.15) is 10.4 Å². The summed E-state index contributed by atoms with van der Waals surface area (Å²) in [5, 5.41) is 19.6. The van der Waals surface area contributed by atoms with Crippen LogP contribution in [0.2, 0.25) is 0 Å². The van der Waals surface area contributed by atoms with Crippen LogP contribution in [0.15, 0.2) is 73.2 Å². The normalized spacial score (nSPS) is 18.2. The van der Waals surface area contributed by atoms with E-state index in [9.17, 15) is 33.6 Å². The number of halogens is 2. The Morgan fingerprint density at radius 1 is 0.971 bits per heavy atom. The Kier molecular flexibility index (Phi) is 13.5. The first-order valence-corrected chi connectivity index (χ1v) is 23.8. The number of carbonyl (C=O) groups excluding carboxylic acids is 5. The fraction of sp³-hybridized carbons (Fsp3) is 0.412. The van der Waals surface area contributed by atoms with Gasteiger partial charge in [0.05, 0.1) is 41.2 Å². The van der Waals surface area contributed by atoms with Crippen molar-refractivity contribution in [1.29, 1.82) is 5.26 Å². The van der Waals surface area contributed by atoms with Gasteiger partial charge in [0.25, 0.3) is 11.8 Å². The highest BCUT2D eigenvalue weighted by atomic mass is 19.1. The van der Waals surface area contributed by atoms with Crippen molar-refractivity contribution in [3.8, 4) is 22.9 Å². The van der Waals surface area contributed by atoms with Crippen molar-refractivity contribution in [2.24, 2.45) is 0 Å². The van der Waals surface area contributed by atoms with Gasteiger partial charge in [-0.05, 0) is 94.1 Å². The predicted molar refractivity (Wildman–Crippen MR) is 255 cm³/mol. The van der Waals surface area contributed by atoms with Crippen molar-refractivity contribution in [2.45, 2.75) is 77.0 Å². The molecule has 0 bridgehead atoms. The lowest BCUT2D eigenvalue weighted by atomic mass is 9.85. The third-order valence-electron chi connectivity index (χ3n) is 14.0. The molecule has 0 radical (unpaired) electrons. The number of hydrogen-bond acceptors (Lipinski definition) is 12. The van der Waals surface area contributed by atoms with E-state index in [2.05, 4.69) is 36.5 Å². The second-order valence-electron chi connectivity index (χ2n) is 18.7. The summed E-state index contributed by atoms with van der Waals surface area (Å²) in [5.74, 6) is -2.16. The number of nitrogens with one attached hydrogen (secondary N) is 2. The molecule has 9 rings (SSSR count). The van der Waals surface area contributed by atoms with Crippen LogP contribution in [0.1, 0.15) is 84.7 Å². The molecule has 3 saturated heterocycles. The Bertz CT molecular complexity index is 2880. The quantitative estimate of drug-likeness (QED) is 0.143. The number of fused-ring (bicyclic) bond motifs is 2. The molecule has 0 saturated carbocycles. The van der Waals surface area contributed by atoms with Crippen molar-refractivity contribution in [3.05, 3.63) is 107 Å². The summed E-state index contributed by atoms with van der Waals surface area (Å²) >= 11 is 0. The van der Waals surface area contributed by atoms with Gasteiger partial charge < -0.3 is 29.7 Å². The van der Waals surface area contributed by atoms with Gasteiger partial charge in [-0.1, -0.05) is 6.07 Å². The first-order valence-electron chi connectivity index (χ1n) is 23.8. The molecule has 0 spiro atoms. The maximum atomic E-state index is 15.0. The van der Waals surface area contributed by atoms with Gasteiger partial charge in [-0.3, -0.25) is 34.2 Å². The van der Waals surface area contributed by atoms with Crippen LogP contribution in [0, 0.1) is 23.0 Å². The number of ether oxygens (including phenoxy) is 1. The van der Waals surface area contributed by atoms with E-state index in [-0.39, 0.29) is 43.1 Å². The van der Waals surface area contributed by atoms with Crippen LogP contribution >= 0.6 is 0 Å². The van der Waals surface area contributed by atoms with Crippen LogP contribution in [0.5, 0.6) is 5.75 Å². The van der Waals surface area contributed by atoms with Crippen LogP contribution in [-0.2, 0) is 20.9 Å². The Morgan fingerprint density at radius 3 is 2.46 bits per heavy atom. The molecule has 1 unspecified atom stereocenters. The number of nitriles is 1. The predicted octanol–water partition coefficient (Wildman–Crippen LogP) is 4.92. The number of anilines is 2. The molecule has 3 aromatic heterocycles. The van der Waals surface area contributed by atoms with Gasteiger partial charge in [0.15, 0.2) is 0 Å². The van der Waals surface area contributed by atoms with Gasteiger partial charge >= 0.3 is 0 Å². The van der Waals surface area contributed by atoms with Crippen LogP contribution < -0.4 is 25.2 Å². The highest BCUT2D eigenvalue weighted by Gasteiger charge is 2.42. The van der Waals surface area contributed by atoms with Crippen molar-refractivity contribution >= 4 is 46.6 Å². The number of imide groups is 1. The highest BCUT2D eigenvalue weighted by molar-refractivity contribution is 6.05. The molecule has 5 aromatic rings. The SMILES string of the molecule is CCOc1cc(-c2ccc(N3CCC(CN(C(=O)CCN4CCN(c5ccc6c(c5)C(=O)N(C5CCC(=O)NC5=O)C6)CC4)C(C)C)(NC(=O)c4cc(F)ccc4F)CC3)nc2)c2c(C#N)cnn2c1. The fourth-order valence-corrected chi connectivity index (χ4v) is 10.1. The van der Waals surface area contributed by atoms with Gasteiger partial charge in [0.2, 0.25) is 17.7 Å². The molecule has 0 aliphatic carbocycles. The molecule has 1 atom stereocenters. The van der Waals surface area contributed by atoms with Crippen LogP contribution in [0.4, 0.5) is 20.3 Å². The molecular weight excluding hydrogens is 901 g/mol. The molecule has 70 heavy (non-hydrogen) atoms. The van der Waals surface area contributed by atoms with E-state index in [1.54, 1.807) is 26.7 Å². The maximum Gasteiger partial charge on any atom is 0.255 e. The summed E-state index contributed by atoms with van der Waals surface area (Å²) in [4.78, 5) is 80.4. The fourth-order valence-electron chi connectivity index (χ4n) is 10.1. The van der Waals surface area contributed by atoms with Crippen LogP contribution in [-0.4, -0.2) is 135 Å². The lowest BCUT2D eigenvalue weighted by molar-refractivity contribution is -0.137. The minimum atomic E-state index is -0.991. The number of pyridine rings is 2. The van der Waals surface area contributed by atoms with E-state index in [1.165, 1.54) is 6.20 Å². The summed E-state index contributed by atoms with van der Waals surface area (Å²) in [7, 11) is 0. The van der Waals surface area contributed by atoms with E-state index in [0.29, 0.717) is 106 Å². The topological polar surface area (TPSA) is 189 Å². The standard InChI is InChI=1S/C51H55F2N11O6/c1-4-70-38-25-39(47-35(26-54)28-56-64(47)30-38)33-6-11-44(55-27-33)61-17-14-51(15-18-61,58-48(67)41-23-36(52)7-9-42(41)53)31-63(32(2)3)46(66)13-16-59-19-21-60(22-20-59)37-8-5-34-29-62(50(69)40(34)24-37)43-10-12-45(65)57-49(43)68/h5-9,11,23-25,27-28,30,32,43H,4,10,12-22,29,31H2,1-3H3,(H,58,67)(H,57,65,68). The van der Waals surface area contributed by atoms with Crippen LogP contribution in [0.25, 0.3) is 16.6 Å². The molecule has 4 aliphatic heterocycles. The number of piperidine rings is 2. The zero-order valence-electron chi connectivity index (χ0n) is 39.4. The highest BCUT2D eigenvalue weighted by Crippen LogP contribution is 2.34. The molecule has 17 nitrogen and oxygen atoms in total. The van der Waals surface area contributed by atoms with Gasteiger partial charge in [0, 0.05) is 106 Å². The van der Waals surface area contributed by atoms with Crippen molar-refractivity contribution in [1.82, 2.24) is 39.9 Å². The van der Waals surface area contributed by atoms with Gasteiger partial charge in [0.1, 0.15) is 35.3 Å². The third kappa shape index (κ3) is 9.73. The lowest BCUT2D eigenvalue weighted by Crippen LogP contribution is -2.62. The second kappa shape index (κ2) is 19.9. The van der Waals surface area contributed by atoms with Crippen molar-refractivity contribution in [3.63, 3.8) is 0 Å². The molecule has 7 heterocycles. The molecule has 2 aromatic carbocycles. The Labute approximate surface area is 404 Å². The molecule has 2 N–H and O–H groups in total. The summed E-state index contributed by atoms with van der Waals surface area (Å²) in [6, 6.07) is 15.5. The molecule has 4 aliphatic rings. The minimum absolute atomic E-state index is 0.0966.